The highest BCUT2D eigenvalue weighted by atomic mass is 35.5. The second-order valence-electron chi connectivity index (χ2n) is 5.48. The number of nitrogens with zero attached hydrogens (tertiary/aromatic N) is 2. The zero-order valence-corrected chi connectivity index (χ0v) is 14.3. The molecule has 1 aromatic rings. The van der Waals surface area contributed by atoms with Gasteiger partial charge in [-0.2, -0.15) is 4.31 Å². The molecule has 1 amide bonds. The van der Waals surface area contributed by atoms with Crippen molar-refractivity contribution in [2.75, 3.05) is 26.2 Å². The Balaban J connectivity index is 2.06. The molecule has 2 heterocycles. The highest BCUT2D eigenvalue weighted by molar-refractivity contribution is 7.91. The molecule has 1 saturated heterocycles. The van der Waals surface area contributed by atoms with Crippen LogP contribution in [0.15, 0.2) is 16.3 Å². The molecule has 0 aliphatic carbocycles. The summed E-state index contributed by atoms with van der Waals surface area (Å²) in [6.07, 6.45) is 0. The molecule has 2 rings (SSSR count). The maximum absolute atomic E-state index is 12.4. The van der Waals surface area contributed by atoms with Crippen molar-refractivity contribution in [2.45, 2.75) is 23.6 Å². The lowest BCUT2D eigenvalue weighted by Crippen LogP contribution is -2.57. The number of hydrogen-bond acceptors (Lipinski definition) is 5. The van der Waals surface area contributed by atoms with Crippen LogP contribution in [0.25, 0.3) is 0 Å². The first-order valence-corrected chi connectivity index (χ1v) is 9.09. The third kappa shape index (κ3) is 3.57. The second kappa shape index (κ2) is 5.85. The van der Waals surface area contributed by atoms with Gasteiger partial charge in [-0.3, -0.25) is 4.79 Å². The number of nitrogens with two attached hydrogens (primary N) is 1. The Morgan fingerprint density at radius 2 is 1.86 bits per heavy atom. The Labute approximate surface area is 133 Å². The van der Waals surface area contributed by atoms with E-state index in [-0.39, 0.29) is 23.2 Å². The van der Waals surface area contributed by atoms with Gasteiger partial charge in [0.1, 0.15) is 4.21 Å². The van der Waals surface area contributed by atoms with Crippen LogP contribution in [-0.2, 0) is 14.8 Å². The topological polar surface area (TPSA) is 83.7 Å². The molecule has 1 aliphatic heterocycles. The van der Waals surface area contributed by atoms with Crippen LogP contribution in [0, 0.1) is 0 Å². The minimum Gasteiger partial charge on any atom is -0.338 e. The molecule has 0 aromatic carbocycles. The Kier molecular flexibility index (Phi) is 4.65. The smallest absolute Gasteiger partial charge is 0.252 e. The summed E-state index contributed by atoms with van der Waals surface area (Å²) in [4.78, 5) is 13.7. The van der Waals surface area contributed by atoms with Gasteiger partial charge in [0.25, 0.3) is 10.0 Å². The largest absolute Gasteiger partial charge is 0.338 e. The van der Waals surface area contributed by atoms with Crippen molar-refractivity contribution in [1.82, 2.24) is 9.21 Å². The van der Waals surface area contributed by atoms with Crippen molar-refractivity contribution in [2.24, 2.45) is 5.73 Å². The van der Waals surface area contributed by atoms with E-state index in [2.05, 4.69) is 0 Å². The third-order valence-electron chi connectivity index (χ3n) is 3.22. The summed E-state index contributed by atoms with van der Waals surface area (Å²) in [5.74, 6) is -0.168. The summed E-state index contributed by atoms with van der Waals surface area (Å²) in [6, 6.07) is 3.07. The van der Waals surface area contributed by atoms with Gasteiger partial charge in [0.2, 0.25) is 5.91 Å². The third-order valence-corrected chi connectivity index (χ3v) is 6.82. The van der Waals surface area contributed by atoms with Gasteiger partial charge in [-0.1, -0.05) is 11.6 Å². The summed E-state index contributed by atoms with van der Waals surface area (Å²) < 4.78 is 26.9. The predicted molar refractivity (Wildman–Crippen MR) is 82.9 cm³/mol. The summed E-state index contributed by atoms with van der Waals surface area (Å²) >= 11 is 6.82. The normalized spacial score (nSPS) is 18.0. The fourth-order valence-corrected chi connectivity index (χ4v) is 5.16. The van der Waals surface area contributed by atoms with Crippen LogP contribution in [0.5, 0.6) is 0 Å². The van der Waals surface area contributed by atoms with Crippen LogP contribution < -0.4 is 5.73 Å². The van der Waals surface area contributed by atoms with Gasteiger partial charge in [0.15, 0.2) is 0 Å². The van der Waals surface area contributed by atoms with Crippen molar-refractivity contribution >= 4 is 38.9 Å². The van der Waals surface area contributed by atoms with Crippen molar-refractivity contribution in [1.29, 1.82) is 0 Å². The van der Waals surface area contributed by atoms with Gasteiger partial charge in [-0.05, 0) is 26.0 Å². The Morgan fingerprint density at radius 1 is 1.29 bits per heavy atom. The Bertz CT molecular complexity index is 628. The van der Waals surface area contributed by atoms with Crippen LogP contribution in [-0.4, -0.2) is 55.2 Å². The number of amides is 1. The van der Waals surface area contributed by atoms with E-state index < -0.39 is 15.6 Å². The molecule has 1 aromatic heterocycles. The maximum atomic E-state index is 12.4. The van der Waals surface area contributed by atoms with E-state index >= 15 is 0 Å². The standard InChI is InChI=1S/C12H18ClN3O3S2/c1-12(2,14)11(17)15-5-7-16(8-6-15)21(18,19)10-4-3-9(13)20-10/h3-4H,5-8,14H2,1-2H3. The molecule has 21 heavy (non-hydrogen) atoms. The van der Waals surface area contributed by atoms with E-state index in [1.54, 1.807) is 24.8 Å². The molecule has 6 nitrogen and oxygen atoms in total. The molecular weight excluding hydrogens is 334 g/mol. The fourth-order valence-electron chi connectivity index (χ4n) is 2.10. The van der Waals surface area contributed by atoms with Crippen molar-refractivity contribution in [3.63, 3.8) is 0 Å². The molecule has 1 aliphatic rings. The lowest BCUT2D eigenvalue weighted by molar-refractivity contribution is -0.137. The van der Waals surface area contributed by atoms with E-state index in [4.69, 9.17) is 17.3 Å². The number of rotatable bonds is 3. The van der Waals surface area contributed by atoms with Gasteiger partial charge in [0.05, 0.1) is 9.88 Å². The first kappa shape index (κ1) is 16.7. The molecule has 0 saturated carbocycles. The summed E-state index contributed by atoms with van der Waals surface area (Å²) in [7, 11) is -3.53. The number of thiophene rings is 1. The monoisotopic (exact) mass is 351 g/mol. The molecule has 9 heteroatoms. The highest BCUT2D eigenvalue weighted by Gasteiger charge is 2.34. The number of carbonyl (C=O) groups excluding carboxylic acids is 1. The first-order chi connectivity index (χ1) is 9.62. The fraction of sp³-hybridized carbons (Fsp3) is 0.583. The Hall–Kier alpha value is -0.670. The minimum atomic E-state index is -3.53. The molecule has 2 N–H and O–H groups in total. The lowest BCUT2D eigenvalue weighted by atomic mass is 10.1. The molecule has 0 bridgehead atoms. The average molecular weight is 352 g/mol. The lowest BCUT2D eigenvalue weighted by Gasteiger charge is -2.36. The van der Waals surface area contributed by atoms with E-state index in [9.17, 15) is 13.2 Å². The first-order valence-electron chi connectivity index (χ1n) is 6.46. The van der Waals surface area contributed by atoms with Crippen molar-refractivity contribution < 1.29 is 13.2 Å². The predicted octanol–water partition coefficient (Wildman–Crippen LogP) is 0.972. The molecule has 0 atom stereocenters. The van der Waals surface area contributed by atoms with Crippen LogP contribution in [0.4, 0.5) is 0 Å². The van der Waals surface area contributed by atoms with Gasteiger partial charge >= 0.3 is 0 Å². The SMILES string of the molecule is CC(C)(N)C(=O)N1CCN(S(=O)(=O)c2ccc(Cl)s2)CC1. The quantitative estimate of drug-likeness (QED) is 0.879. The molecule has 1 fully saturated rings. The molecule has 0 spiro atoms. The Morgan fingerprint density at radius 3 is 2.29 bits per heavy atom. The summed E-state index contributed by atoms with van der Waals surface area (Å²) in [6.45, 7) is 4.51. The zero-order valence-electron chi connectivity index (χ0n) is 11.9. The van der Waals surface area contributed by atoms with Crippen LogP contribution >= 0.6 is 22.9 Å². The van der Waals surface area contributed by atoms with E-state index in [0.29, 0.717) is 17.4 Å². The number of sulfonamides is 1. The van der Waals surface area contributed by atoms with Crippen molar-refractivity contribution in [3.8, 4) is 0 Å². The minimum absolute atomic E-state index is 0.168. The van der Waals surface area contributed by atoms with Gasteiger partial charge in [-0.25, -0.2) is 8.42 Å². The number of piperazine rings is 1. The summed E-state index contributed by atoms with van der Waals surface area (Å²) in [5.41, 5.74) is 4.85. The van der Waals surface area contributed by atoms with E-state index in [1.165, 1.54) is 10.4 Å². The highest BCUT2D eigenvalue weighted by Crippen LogP contribution is 2.28. The second-order valence-corrected chi connectivity index (χ2v) is 9.36. The molecule has 0 radical (unpaired) electrons. The summed E-state index contributed by atoms with van der Waals surface area (Å²) in [5, 5.41) is 0. The van der Waals surface area contributed by atoms with Gasteiger partial charge in [0, 0.05) is 26.2 Å². The number of halogens is 1. The van der Waals surface area contributed by atoms with E-state index in [1.807, 2.05) is 0 Å². The molecule has 0 unspecified atom stereocenters. The van der Waals surface area contributed by atoms with Gasteiger partial charge in [-0.15, -0.1) is 11.3 Å². The van der Waals surface area contributed by atoms with Crippen molar-refractivity contribution in [3.05, 3.63) is 16.5 Å². The van der Waals surface area contributed by atoms with Crippen LogP contribution in [0.3, 0.4) is 0 Å². The van der Waals surface area contributed by atoms with Crippen LogP contribution in [0.2, 0.25) is 4.34 Å². The molecular formula is C12H18ClN3O3S2. The van der Waals surface area contributed by atoms with E-state index in [0.717, 1.165) is 11.3 Å². The number of carbonyl (C=O) groups is 1. The maximum Gasteiger partial charge on any atom is 0.252 e. The molecule has 118 valence electrons. The number of hydrogen-bond donors (Lipinski definition) is 1. The van der Waals surface area contributed by atoms with Crippen LogP contribution in [0.1, 0.15) is 13.8 Å². The average Bonchev–Trinajstić information content (AvgIpc) is 2.84. The zero-order chi connectivity index (χ0) is 15.8. The van der Waals surface area contributed by atoms with Gasteiger partial charge < -0.3 is 10.6 Å².